The SMILES string of the molecule is Cc1nc2ccccc2c(=O)n1-c1ccc(C(=O)NNC(=O)c2ccccc2)cc1. The minimum absolute atomic E-state index is 0.176. The summed E-state index contributed by atoms with van der Waals surface area (Å²) in [5.41, 5.74) is 6.60. The molecule has 4 aromatic rings. The van der Waals surface area contributed by atoms with Gasteiger partial charge in [-0.05, 0) is 55.5 Å². The van der Waals surface area contributed by atoms with Crippen molar-refractivity contribution in [3.05, 3.63) is 106 Å². The number of hydrazine groups is 1. The number of nitrogens with one attached hydrogen (secondary N) is 2. The van der Waals surface area contributed by atoms with Crippen LogP contribution in [0.25, 0.3) is 16.6 Å². The molecule has 148 valence electrons. The van der Waals surface area contributed by atoms with E-state index in [-0.39, 0.29) is 5.56 Å². The number of rotatable bonds is 3. The Hall–Kier alpha value is -4.26. The molecule has 0 aliphatic rings. The molecule has 0 fully saturated rings. The predicted octanol–water partition coefficient (Wildman–Crippen LogP) is 2.77. The minimum Gasteiger partial charge on any atom is -0.268 e. The molecule has 0 saturated carbocycles. The van der Waals surface area contributed by atoms with Crippen LogP contribution in [0.15, 0.2) is 83.7 Å². The van der Waals surface area contributed by atoms with E-state index in [0.717, 1.165) is 0 Å². The second-order valence-electron chi connectivity index (χ2n) is 6.64. The number of hydrogen-bond acceptors (Lipinski definition) is 4. The Bertz CT molecular complexity index is 1300. The molecule has 0 bridgehead atoms. The highest BCUT2D eigenvalue weighted by Gasteiger charge is 2.12. The van der Waals surface area contributed by atoms with Gasteiger partial charge in [-0.25, -0.2) is 4.98 Å². The molecule has 2 amide bonds. The summed E-state index contributed by atoms with van der Waals surface area (Å²) in [7, 11) is 0. The van der Waals surface area contributed by atoms with Gasteiger partial charge < -0.3 is 0 Å². The van der Waals surface area contributed by atoms with E-state index in [2.05, 4.69) is 15.8 Å². The summed E-state index contributed by atoms with van der Waals surface area (Å²) in [6.07, 6.45) is 0. The maximum absolute atomic E-state index is 12.9. The Kier molecular flexibility index (Phi) is 5.09. The summed E-state index contributed by atoms with van der Waals surface area (Å²) in [4.78, 5) is 41.7. The summed E-state index contributed by atoms with van der Waals surface area (Å²) in [6, 6.07) is 22.2. The normalized spacial score (nSPS) is 10.6. The molecule has 0 aliphatic heterocycles. The second kappa shape index (κ2) is 8.00. The van der Waals surface area contributed by atoms with E-state index in [1.807, 2.05) is 6.07 Å². The average Bonchev–Trinajstić information content (AvgIpc) is 2.78. The highest BCUT2D eigenvalue weighted by atomic mass is 16.2. The molecule has 30 heavy (non-hydrogen) atoms. The van der Waals surface area contributed by atoms with Gasteiger partial charge in [0.1, 0.15) is 5.82 Å². The Morgan fingerprint density at radius 1 is 0.767 bits per heavy atom. The molecule has 0 atom stereocenters. The van der Waals surface area contributed by atoms with Crippen molar-refractivity contribution >= 4 is 22.7 Å². The van der Waals surface area contributed by atoms with Crippen LogP contribution in [0, 0.1) is 6.92 Å². The van der Waals surface area contributed by atoms with Crippen molar-refractivity contribution < 1.29 is 9.59 Å². The van der Waals surface area contributed by atoms with Crippen LogP contribution < -0.4 is 16.4 Å². The van der Waals surface area contributed by atoms with Crippen LogP contribution in [0.4, 0.5) is 0 Å². The van der Waals surface area contributed by atoms with E-state index in [4.69, 9.17) is 0 Å². The molecule has 7 heteroatoms. The van der Waals surface area contributed by atoms with Crippen LogP contribution in [0.3, 0.4) is 0 Å². The van der Waals surface area contributed by atoms with Gasteiger partial charge in [-0.1, -0.05) is 30.3 Å². The van der Waals surface area contributed by atoms with E-state index < -0.39 is 11.8 Å². The zero-order valence-corrected chi connectivity index (χ0v) is 16.1. The molecule has 3 aromatic carbocycles. The van der Waals surface area contributed by atoms with Crippen LogP contribution in [0.5, 0.6) is 0 Å². The number of carbonyl (C=O) groups excluding carboxylic acids is 2. The van der Waals surface area contributed by atoms with Crippen LogP contribution in [0.2, 0.25) is 0 Å². The zero-order valence-electron chi connectivity index (χ0n) is 16.1. The van der Waals surface area contributed by atoms with Crippen molar-refractivity contribution in [2.45, 2.75) is 6.92 Å². The first kappa shape index (κ1) is 19.1. The lowest BCUT2D eigenvalue weighted by atomic mass is 10.2. The third-order valence-electron chi connectivity index (χ3n) is 4.66. The second-order valence-corrected chi connectivity index (χ2v) is 6.64. The first-order valence-electron chi connectivity index (χ1n) is 9.29. The topological polar surface area (TPSA) is 93.1 Å². The number of aryl methyl sites for hydroxylation is 1. The maximum atomic E-state index is 12.9. The number of carbonyl (C=O) groups is 2. The van der Waals surface area contributed by atoms with Crippen molar-refractivity contribution in [3.63, 3.8) is 0 Å². The third-order valence-corrected chi connectivity index (χ3v) is 4.66. The van der Waals surface area contributed by atoms with E-state index in [1.54, 1.807) is 79.7 Å². The highest BCUT2D eigenvalue weighted by molar-refractivity contribution is 5.99. The van der Waals surface area contributed by atoms with Crippen molar-refractivity contribution in [1.82, 2.24) is 20.4 Å². The van der Waals surface area contributed by atoms with Gasteiger partial charge in [0.2, 0.25) is 0 Å². The third kappa shape index (κ3) is 3.68. The van der Waals surface area contributed by atoms with Crippen molar-refractivity contribution in [3.8, 4) is 5.69 Å². The lowest BCUT2D eigenvalue weighted by molar-refractivity contribution is 0.0846. The summed E-state index contributed by atoms with van der Waals surface area (Å²) >= 11 is 0. The number of benzene rings is 3. The maximum Gasteiger partial charge on any atom is 0.269 e. The van der Waals surface area contributed by atoms with Gasteiger partial charge in [0.25, 0.3) is 17.4 Å². The molecular formula is C23H18N4O3. The Balaban J connectivity index is 1.53. The molecule has 0 saturated heterocycles. The first-order valence-corrected chi connectivity index (χ1v) is 9.29. The molecule has 4 rings (SSSR count). The van der Waals surface area contributed by atoms with E-state index >= 15 is 0 Å². The lowest BCUT2D eigenvalue weighted by Gasteiger charge is -2.12. The average molecular weight is 398 g/mol. The fraction of sp³-hybridized carbons (Fsp3) is 0.0435. The molecule has 0 aliphatic carbocycles. The number of fused-ring (bicyclic) bond motifs is 1. The number of aromatic nitrogens is 2. The number of hydrogen-bond donors (Lipinski definition) is 2. The molecule has 0 unspecified atom stereocenters. The van der Waals surface area contributed by atoms with Crippen LogP contribution >= 0.6 is 0 Å². The summed E-state index contributed by atoms with van der Waals surface area (Å²) < 4.78 is 1.50. The quantitative estimate of drug-likeness (QED) is 0.519. The van der Waals surface area contributed by atoms with Crippen LogP contribution in [-0.4, -0.2) is 21.4 Å². The Morgan fingerprint density at radius 3 is 2.00 bits per heavy atom. The molecule has 0 radical (unpaired) electrons. The molecule has 7 nitrogen and oxygen atoms in total. The zero-order chi connectivity index (χ0) is 21.1. The molecule has 1 heterocycles. The van der Waals surface area contributed by atoms with Gasteiger partial charge in [-0.2, -0.15) is 0 Å². The van der Waals surface area contributed by atoms with Gasteiger partial charge in [0, 0.05) is 11.1 Å². The van der Waals surface area contributed by atoms with Gasteiger partial charge in [0.05, 0.1) is 16.6 Å². The van der Waals surface area contributed by atoms with Gasteiger partial charge >= 0.3 is 0 Å². The van der Waals surface area contributed by atoms with Gasteiger partial charge in [-0.15, -0.1) is 0 Å². The number of para-hydroxylation sites is 1. The standard InChI is InChI=1S/C23H18N4O3/c1-15-24-20-10-6-5-9-19(20)23(30)27(15)18-13-11-17(12-14-18)22(29)26-25-21(28)16-7-3-2-4-8-16/h2-14H,1H3,(H,25,28)(H,26,29). The molecular weight excluding hydrogens is 380 g/mol. The Labute approximate surface area is 172 Å². The van der Waals surface area contributed by atoms with E-state index in [9.17, 15) is 14.4 Å². The number of amides is 2. The first-order chi connectivity index (χ1) is 14.5. The molecule has 0 spiro atoms. The van der Waals surface area contributed by atoms with E-state index in [1.165, 1.54) is 4.57 Å². The lowest BCUT2D eigenvalue weighted by Crippen LogP contribution is -2.41. The van der Waals surface area contributed by atoms with Crippen LogP contribution in [-0.2, 0) is 0 Å². The highest BCUT2D eigenvalue weighted by Crippen LogP contribution is 2.13. The predicted molar refractivity (Wildman–Crippen MR) is 113 cm³/mol. The van der Waals surface area contributed by atoms with Crippen molar-refractivity contribution in [2.24, 2.45) is 0 Å². The summed E-state index contributed by atoms with van der Waals surface area (Å²) in [5, 5.41) is 0.522. The van der Waals surface area contributed by atoms with Gasteiger partial charge in [0.15, 0.2) is 0 Å². The molecule has 2 N–H and O–H groups in total. The van der Waals surface area contributed by atoms with Crippen molar-refractivity contribution in [1.29, 1.82) is 0 Å². The smallest absolute Gasteiger partial charge is 0.268 e. The number of nitrogens with zero attached hydrogens (tertiary/aromatic N) is 2. The summed E-state index contributed by atoms with van der Waals surface area (Å²) in [5.74, 6) is -0.331. The Morgan fingerprint density at radius 2 is 1.33 bits per heavy atom. The van der Waals surface area contributed by atoms with Crippen molar-refractivity contribution in [2.75, 3.05) is 0 Å². The van der Waals surface area contributed by atoms with E-state index in [0.29, 0.717) is 33.5 Å². The summed E-state index contributed by atoms with van der Waals surface area (Å²) in [6.45, 7) is 1.76. The fourth-order valence-electron chi connectivity index (χ4n) is 3.16. The monoisotopic (exact) mass is 398 g/mol. The van der Waals surface area contributed by atoms with Crippen LogP contribution in [0.1, 0.15) is 26.5 Å². The minimum atomic E-state index is -0.466. The fourth-order valence-corrected chi connectivity index (χ4v) is 3.16. The molecule has 1 aromatic heterocycles. The van der Waals surface area contributed by atoms with Gasteiger partial charge in [-0.3, -0.25) is 29.8 Å². The largest absolute Gasteiger partial charge is 0.269 e.